The van der Waals surface area contributed by atoms with E-state index in [4.69, 9.17) is 48.4 Å². The van der Waals surface area contributed by atoms with Crippen LogP contribution in [0.1, 0.15) is 89.9 Å². The molecule has 12 heteroatoms. The topological polar surface area (TPSA) is 126 Å². The second-order valence-electron chi connectivity index (χ2n) is 16.9. The Hall–Kier alpha value is -1.32. The summed E-state index contributed by atoms with van der Waals surface area (Å²) >= 11 is 0. The van der Waals surface area contributed by atoms with E-state index < -0.39 is 24.2 Å². The zero-order chi connectivity index (χ0) is 35.0. The zero-order valence-corrected chi connectivity index (χ0v) is 29.9. The summed E-state index contributed by atoms with van der Waals surface area (Å²) in [5, 5.41) is 0. The number of Topliss-reactive ketones (excluding diaryl/α,β-unsaturated/α-hetero) is 1. The summed E-state index contributed by atoms with van der Waals surface area (Å²) in [4.78, 5) is 14.0. The molecule has 11 nitrogen and oxygen atoms in total. The number of carbonyl (C=O) groups excluding carboxylic acids is 1. The van der Waals surface area contributed by atoms with Crippen LogP contribution in [0.4, 0.5) is 4.39 Å². The molecule has 12 bridgehead atoms. The van der Waals surface area contributed by atoms with E-state index in [-0.39, 0.29) is 117 Å². The average Bonchev–Trinajstić information content (AvgIpc) is 3.79. The smallest absolute Gasteiger partial charge is 0.172 e. The second-order valence-corrected chi connectivity index (χ2v) is 16.9. The van der Waals surface area contributed by atoms with Crippen LogP contribution in [0.15, 0.2) is 24.3 Å². The van der Waals surface area contributed by atoms with Crippen LogP contribution in [0.3, 0.4) is 0 Å². The van der Waals surface area contributed by atoms with Crippen LogP contribution in [0.2, 0.25) is 0 Å². The van der Waals surface area contributed by atoms with Gasteiger partial charge in [-0.2, -0.15) is 0 Å². The zero-order valence-electron chi connectivity index (χ0n) is 29.9. The number of fused-ring (bicyclic) bond motifs is 6. The van der Waals surface area contributed by atoms with Crippen molar-refractivity contribution < 1.29 is 51.8 Å². The summed E-state index contributed by atoms with van der Waals surface area (Å²) in [6.45, 7) is 8.68. The minimum absolute atomic E-state index is 0.0186. The molecule has 0 aromatic rings. The highest BCUT2D eigenvalue weighted by molar-refractivity contribution is 5.79. The maximum atomic E-state index is 14.7. The molecule has 10 unspecified atom stereocenters. The normalized spacial score (nSPS) is 51.7. The van der Waals surface area contributed by atoms with Crippen molar-refractivity contribution in [2.75, 3.05) is 13.7 Å². The monoisotopic (exact) mass is 717 g/mol. The number of ketones is 1. The average molecular weight is 718 g/mol. The molecule has 18 atom stereocenters. The molecule has 0 aliphatic carbocycles. The molecule has 0 aromatic heterocycles. The number of methoxy groups -OCH3 is 1. The SMILES string of the molecule is C=C1CC2CC[C@@]34C[C@H]5OC6[C@@H](OC7CCC(CC(=O)CC8[C@@H](OC)C(C[C@@H](F)CN)O[C@H]8CC8OC(CCC8=C)CCC1O2)O[C@@H]7[C@@H]6O3)C5O4. The third kappa shape index (κ3) is 6.61. The molecule has 0 saturated carbocycles. The molecule has 10 saturated heterocycles. The highest BCUT2D eigenvalue weighted by Crippen LogP contribution is 2.54. The first-order valence-corrected chi connectivity index (χ1v) is 19.7. The largest absolute Gasteiger partial charge is 0.378 e. The highest BCUT2D eigenvalue weighted by Gasteiger charge is 2.68. The van der Waals surface area contributed by atoms with Crippen molar-refractivity contribution in [2.24, 2.45) is 11.7 Å². The quantitative estimate of drug-likeness (QED) is 0.422. The lowest BCUT2D eigenvalue weighted by Crippen LogP contribution is -2.61. The lowest BCUT2D eigenvalue weighted by Gasteiger charge is -2.47. The number of carbonyl (C=O) groups is 1. The van der Waals surface area contributed by atoms with Crippen LogP contribution in [0.5, 0.6) is 0 Å². The number of hydrogen-bond donors (Lipinski definition) is 1. The van der Waals surface area contributed by atoms with Gasteiger partial charge in [-0.25, -0.2) is 4.39 Å². The predicted molar refractivity (Wildman–Crippen MR) is 181 cm³/mol. The molecule has 10 heterocycles. The Balaban J connectivity index is 0.986. The van der Waals surface area contributed by atoms with E-state index in [1.54, 1.807) is 7.11 Å². The molecule has 10 aliphatic rings. The molecule has 0 radical (unpaired) electrons. The van der Waals surface area contributed by atoms with E-state index in [1.165, 1.54) is 0 Å². The molecule has 0 amide bonds. The first-order chi connectivity index (χ1) is 24.7. The maximum Gasteiger partial charge on any atom is 0.172 e. The lowest BCUT2D eigenvalue weighted by atomic mass is 9.83. The minimum atomic E-state index is -1.22. The molecule has 10 fully saturated rings. The number of nitrogens with two attached hydrogens (primary N) is 1. The van der Waals surface area contributed by atoms with Gasteiger partial charge in [-0.3, -0.25) is 4.79 Å². The Morgan fingerprint density at radius 2 is 1.55 bits per heavy atom. The summed E-state index contributed by atoms with van der Waals surface area (Å²) in [5.41, 5.74) is 7.83. The van der Waals surface area contributed by atoms with Crippen molar-refractivity contribution in [1.82, 2.24) is 0 Å². The number of rotatable bonds is 4. The predicted octanol–water partition coefficient (Wildman–Crippen LogP) is 4.17. The van der Waals surface area contributed by atoms with Gasteiger partial charge in [0.1, 0.15) is 42.5 Å². The van der Waals surface area contributed by atoms with Gasteiger partial charge in [0.05, 0.1) is 61.0 Å². The van der Waals surface area contributed by atoms with Crippen LogP contribution in [-0.4, -0.2) is 123 Å². The standard InChI is InChI=1S/C39H56FNO10/c1-19-4-5-23-6-8-27-20(2)12-25(45-27)10-11-39-17-32-35(50-39)36-37(49-32)38(51-39)34-28(48-36)9-7-24(46-34)14-22(42)15-26-30(16-29(19)44-23)47-31(33(26)43-3)13-21(40)18-41/h21,23-38H,1-2,4-18,41H2,3H3/t21-,23?,24?,25?,26?,27?,28?,29?,30+,31?,32-,33-,34+,35?,36+,37?,38+,39+/m1/s1. The van der Waals surface area contributed by atoms with Crippen LogP contribution in [0.25, 0.3) is 0 Å². The Kier molecular flexibility index (Phi) is 9.76. The number of hydrogen-bond acceptors (Lipinski definition) is 11. The fourth-order valence-corrected chi connectivity index (χ4v) is 11.0. The Morgan fingerprint density at radius 3 is 2.39 bits per heavy atom. The Morgan fingerprint density at radius 1 is 0.784 bits per heavy atom. The van der Waals surface area contributed by atoms with Gasteiger partial charge in [0.15, 0.2) is 5.79 Å². The summed E-state index contributed by atoms with van der Waals surface area (Å²) in [6.07, 6.45) is 4.53. The highest BCUT2D eigenvalue weighted by atomic mass is 19.1. The number of halogens is 1. The summed E-state index contributed by atoms with van der Waals surface area (Å²) in [5.74, 6) is -0.982. The molecule has 1 spiro atoms. The molecular formula is C39H56FNO10. The molecule has 284 valence electrons. The lowest BCUT2D eigenvalue weighted by molar-refractivity contribution is -0.292. The second kappa shape index (κ2) is 14.1. The van der Waals surface area contributed by atoms with Crippen molar-refractivity contribution in [1.29, 1.82) is 0 Å². The van der Waals surface area contributed by atoms with E-state index in [1.807, 2.05) is 0 Å². The Bertz CT molecular complexity index is 1350. The molecular weight excluding hydrogens is 661 g/mol. The van der Waals surface area contributed by atoms with Crippen molar-refractivity contribution >= 4 is 5.78 Å². The molecule has 2 N–H and O–H groups in total. The summed E-state index contributed by atoms with van der Waals surface area (Å²) in [7, 11) is 1.62. The van der Waals surface area contributed by atoms with Gasteiger partial charge < -0.3 is 48.4 Å². The van der Waals surface area contributed by atoms with E-state index >= 15 is 0 Å². The minimum Gasteiger partial charge on any atom is -0.378 e. The van der Waals surface area contributed by atoms with Crippen LogP contribution >= 0.6 is 0 Å². The fourth-order valence-electron chi connectivity index (χ4n) is 11.0. The third-order valence-corrected chi connectivity index (χ3v) is 13.5. The van der Waals surface area contributed by atoms with E-state index in [2.05, 4.69) is 13.2 Å². The van der Waals surface area contributed by atoms with Gasteiger partial charge in [-0.15, -0.1) is 0 Å². The number of alkyl halides is 1. The Labute approximate surface area is 300 Å². The van der Waals surface area contributed by atoms with Gasteiger partial charge >= 0.3 is 0 Å². The first kappa shape index (κ1) is 35.4. The van der Waals surface area contributed by atoms with E-state index in [9.17, 15) is 9.18 Å². The molecule has 10 rings (SSSR count). The maximum absolute atomic E-state index is 14.7. The first-order valence-electron chi connectivity index (χ1n) is 19.7. The van der Waals surface area contributed by atoms with Gasteiger partial charge in [-0.05, 0) is 62.5 Å². The summed E-state index contributed by atoms with van der Waals surface area (Å²) in [6, 6.07) is 0. The van der Waals surface area contributed by atoms with Gasteiger partial charge in [0.25, 0.3) is 0 Å². The van der Waals surface area contributed by atoms with E-state index in [0.29, 0.717) is 25.7 Å². The molecule has 10 aliphatic heterocycles. The van der Waals surface area contributed by atoms with E-state index in [0.717, 1.165) is 56.1 Å². The third-order valence-electron chi connectivity index (χ3n) is 13.5. The van der Waals surface area contributed by atoms with Crippen LogP contribution < -0.4 is 5.73 Å². The number of ether oxygens (including phenoxy) is 9. The van der Waals surface area contributed by atoms with Crippen molar-refractivity contribution in [2.45, 2.75) is 193 Å². The van der Waals surface area contributed by atoms with Gasteiger partial charge in [-0.1, -0.05) is 13.2 Å². The fraction of sp³-hybridized carbons (Fsp3) is 0.872. The van der Waals surface area contributed by atoms with Crippen LogP contribution in [-0.2, 0) is 47.4 Å². The molecule has 0 aromatic carbocycles. The summed E-state index contributed by atoms with van der Waals surface area (Å²) < 4.78 is 74.3. The van der Waals surface area contributed by atoms with Gasteiger partial charge in [0.2, 0.25) is 0 Å². The molecule has 51 heavy (non-hydrogen) atoms. The van der Waals surface area contributed by atoms with Crippen LogP contribution in [0, 0.1) is 5.92 Å². The van der Waals surface area contributed by atoms with Crippen molar-refractivity contribution in [3.05, 3.63) is 24.3 Å². The van der Waals surface area contributed by atoms with Crippen molar-refractivity contribution in [3.63, 3.8) is 0 Å². The van der Waals surface area contributed by atoms with Crippen molar-refractivity contribution in [3.8, 4) is 0 Å². The van der Waals surface area contributed by atoms with Gasteiger partial charge in [0, 0.05) is 58.1 Å².